The molecule has 0 bridgehead atoms. The van der Waals surface area contributed by atoms with Gasteiger partial charge in [0.2, 0.25) is 0 Å². The van der Waals surface area contributed by atoms with Gasteiger partial charge in [0.1, 0.15) is 11.0 Å². The summed E-state index contributed by atoms with van der Waals surface area (Å²) in [6.07, 6.45) is 1.65. The lowest BCUT2D eigenvalue weighted by Gasteiger charge is -2.05. The summed E-state index contributed by atoms with van der Waals surface area (Å²) < 4.78 is 13.0. The Kier molecular flexibility index (Phi) is 3.86. The van der Waals surface area contributed by atoms with Gasteiger partial charge >= 0.3 is 0 Å². The van der Waals surface area contributed by atoms with Gasteiger partial charge in [-0.2, -0.15) is 0 Å². The number of anilines is 1. The van der Waals surface area contributed by atoms with Crippen LogP contribution in [0.15, 0.2) is 41.4 Å². The number of thioether (sulfide) groups is 1. The molecule has 2 nitrogen and oxygen atoms in total. The van der Waals surface area contributed by atoms with E-state index in [9.17, 15) is 4.39 Å². The van der Waals surface area contributed by atoms with E-state index in [2.05, 4.69) is 4.98 Å². The van der Waals surface area contributed by atoms with E-state index in [1.165, 1.54) is 23.9 Å². The first-order chi connectivity index (χ1) is 8.15. The lowest BCUT2D eigenvalue weighted by Crippen LogP contribution is -1.90. The molecule has 17 heavy (non-hydrogen) atoms. The molecule has 0 atom stereocenters. The molecule has 2 aromatic rings. The van der Waals surface area contributed by atoms with Crippen LogP contribution in [0.4, 0.5) is 10.1 Å². The van der Waals surface area contributed by atoms with Gasteiger partial charge in [-0.25, -0.2) is 9.37 Å². The first-order valence-electron chi connectivity index (χ1n) is 4.93. The highest BCUT2D eigenvalue weighted by molar-refractivity contribution is 7.98. The molecule has 1 heterocycles. The zero-order valence-corrected chi connectivity index (χ0v) is 10.4. The van der Waals surface area contributed by atoms with E-state index in [0.29, 0.717) is 16.6 Å². The van der Waals surface area contributed by atoms with E-state index < -0.39 is 0 Å². The third-order valence-electron chi connectivity index (χ3n) is 2.16. The van der Waals surface area contributed by atoms with Crippen LogP contribution in [0.1, 0.15) is 5.56 Å². The minimum absolute atomic E-state index is 0.283. The van der Waals surface area contributed by atoms with Crippen LogP contribution in [0.2, 0.25) is 5.15 Å². The average Bonchev–Trinajstić information content (AvgIpc) is 2.30. The Bertz CT molecular complexity index is 534. The van der Waals surface area contributed by atoms with Gasteiger partial charge in [0.25, 0.3) is 0 Å². The Morgan fingerprint density at radius 3 is 2.88 bits per heavy atom. The lowest BCUT2D eigenvalue weighted by atomic mass is 10.3. The Labute approximate surface area is 108 Å². The molecule has 2 rings (SSSR count). The maximum Gasteiger partial charge on any atom is 0.129 e. The largest absolute Gasteiger partial charge is 0.398 e. The van der Waals surface area contributed by atoms with Gasteiger partial charge < -0.3 is 5.73 Å². The fourth-order valence-electron chi connectivity index (χ4n) is 1.33. The van der Waals surface area contributed by atoms with Crippen molar-refractivity contribution in [2.24, 2.45) is 0 Å². The Hall–Kier alpha value is -1.26. The molecule has 0 saturated carbocycles. The maximum absolute atomic E-state index is 13.0. The number of halogens is 2. The second-order valence-electron chi connectivity index (χ2n) is 3.46. The number of pyridine rings is 1. The molecular weight excluding hydrogens is 259 g/mol. The molecule has 2 N–H and O–H groups in total. The number of nitrogens with zero attached hydrogens (tertiary/aromatic N) is 1. The topological polar surface area (TPSA) is 38.9 Å². The average molecular weight is 269 g/mol. The van der Waals surface area contributed by atoms with Crippen LogP contribution in [0.25, 0.3) is 0 Å². The summed E-state index contributed by atoms with van der Waals surface area (Å²) in [5.74, 6) is 0.394. The van der Waals surface area contributed by atoms with Gasteiger partial charge in [-0.3, -0.25) is 0 Å². The second-order valence-corrected chi connectivity index (χ2v) is 4.86. The Morgan fingerprint density at radius 1 is 1.29 bits per heavy atom. The van der Waals surface area contributed by atoms with Crippen molar-refractivity contribution >= 4 is 29.1 Å². The molecule has 0 aliphatic heterocycles. The zero-order chi connectivity index (χ0) is 12.3. The van der Waals surface area contributed by atoms with E-state index >= 15 is 0 Å². The molecule has 0 fully saturated rings. The molecule has 0 amide bonds. The summed E-state index contributed by atoms with van der Waals surface area (Å²) in [6.45, 7) is 0. The minimum Gasteiger partial charge on any atom is -0.398 e. The normalized spacial score (nSPS) is 10.5. The fourth-order valence-corrected chi connectivity index (χ4v) is 2.46. The van der Waals surface area contributed by atoms with E-state index in [0.717, 1.165) is 10.5 Å². The molecular formula is C12H10ClFN2S. The summed E-state index contributed by atoms with van der Waals surface area (Å²) in [4.78, 5) is 4.63. The standard InChI is InChI=1S/C12H10ClFN2S/c13-12-5-8(3-4-16-12)7-17-11-6-9(14)1-2-10(11)15/h1-6H,7,15H2. The summed E-state index contributed by atoms with van der Waals surface area (Å²) in [5.41, 5.74) is 7.36. The van der Waals surface area contributed by atoms with Crippen LogP contribution in [-0.2, 0) is 5.75 Å². The minimum atomic E-state index is -0.283. The SMILES string of the molecule is Nc1ccc(F)cc1SCc1ccnc(Cl)c1. The van der Waals surface area contributed by atoms with E-state index in [4.69, 9.17) is 17.3 Å². The number of rotatable bonds is 3. The van der Waals surface area contributed by atoms with Crippen molar-refractivity contribution in [2.45, 2.75) is 10.6 Å². The molecule has 0 aliphatic rings. The molecule has 5 heteroatoms. The first-order valence-corrected chi connectivity index (χ1v) is 6.30. The number of benzene rings is 1. The van der Waals surface area contributed by atoms with Gasteiger partial charge in [-0.15, -0.1) is 11.8 Å². The molecule has 88 valence electrons. The third-order valence-corrected chi connectivity index (χ3v) is 3.51. The van der Waals surface area contributed by atoms with Crippen molar-refractivity contribution in [3.05, 3.63) is 53.1 Å². The molecule has 0 spiro atoms. The number of aromatic nitrogens is 1. The zero-order valence-electron chi connectivity index (χ0n) is 8.86. The predicted molar refractivity (Wildman–Crippen MR) is 69.6 cm³/mol. The number of hydrogen-bond donors (Lipinski definition) is 1. The highest BCUT2D eigenvalue weighted by atomic mass is 35.5. The van der Waals surface area contributed by atoms with Gasteiger partial charge in [0.05, 0.1) is 0 Å². The fraction of sp³-hybridized carbons (Fsp3) is 0.0833. The third kappa shape index (κ3) is 3.35. The molecule has 0 radical (unpaired) electrons. The Balaban J connectivity index is 2.09. The molecule has 0 aliphatic carbocycles. The second kappa shape index (κ2) is 5.38. The number of hydrogen-bond acceptors (Lipinski definition) is 3. The van der Waals surface area contributed by atoms with Crippen molar-refractivity contribution in [1.29, 1.82) is 0 Å². The van der Waals surface area contributed by atoms with Crippen molar-refractivity contribution in [1.82, 2.24) is 4.98 Å². The molecule has 1 aromatic heterocycles. The summed E-state index contributed by atoms with van der Waals surface area (Å²) in [5, 5.41) is 0.454. The molecule has 1 aromatic carbocycles. The van der Waals surface area contributed by atoms with Crippen molar-refractivity contribution < 1.29 is 4.39 Å². The van der Waals surface area contributed by atoms with Crippen LogP contribution >= 0.6 is 23.4 Å². The molecule has 0 unspecified atom stereocenters. The number of nitrogens with two attached hydrogens (primary N) is 1. The van der Waals surface area contributed by atoms with Crippen molar-refractivity contribution in [2.75, 3.05) is 5.73 Å². The summed E-state index contributed by atoms with van der Waals surface area (Å²) in [6, 6.07) is 8.00. The summed E-state index contributed by atoms with van der Waals surface area (Å²) >= 11 is 7.25. The highest BCUT2D eigenvalue weighted by Gasteiger charge is 2.03. The predicted octanol–water partition coefficient (Wildman–Crippen LogP) is 3.75. The Morgan fingerprint density at radius 2 is 2.12 bits per heavy atom. The van der Waals surface area contributed by atoms with Crippen LogP contribution in [-0.4, -0.2) is 4.98 Å². The van der Waals surface area contributed by atoms with Gasteiger partial charge in [0, 0.05) is 22.5 Å². The number of nitrogen functional groups attached to an aromatic ring is 1. The van der Waals surface area contributed by atoms with Crippen LogP contribution < -0.4 is 5.73 Å². The highest BCUT2D eigenvalue weighted by Crippen LogP contribution is 2.29. The van der Waals surface area contributed by atoms with Crippen molar-refractivity contribution in [3.8, 4) is 0 Å². The van der Waals surface area contributed by atoms with Crippen LogP contribution in [0, 0.1) is 5.82 Å². The smallest absolute Gasteiger partial charge is 0.129 e. The van der Waals surface area contributed by atoms with E-state index in [1.807, 2.05) is 6.07 Å². The van der Waals surface area contributed by atoms with Crippen molar-refractivity contribution in [3.63, 3.8) is 0 Å². The lowest BCUT2D eigenvalue weighted by molar-refractivity contribution is 0.624. The van der Waals surface area contributed by atoms with Crippen LogP contribution in [0.5, 0.6) is 0 Å². The van der Waals surface area contributed by atoms with E-state index in [1.54, 1.807) is 18.3 Å². The summed E-state index contributed by atoms with van der Waals surface area (Å²) in [7, 11) is 0. The maximum atomic E-state index is 13.0. The monoisotopic (exact) mass is 268 g/mol. The van der Waals surface area contributed by atoms with Gasteiger partial charge in [-0.05, 0) is 35.9 Å². The van der Waals surface area contributed by atoms with Crippen LogP contribution in [0.3, 0.4) is 0 Å². The molecule has 0 saturated heterocycles. The van der Waals surface area contributed by atoms with E-state index in [-0.39, 0.29) is 5.82 Å². The van der Waals surface area contributed by atoms with Gasteiger partial charge in [-0.1, -0.05) is 11.6 Å². The quantitative estimate of drug-likeness (QED) is 0.523. The first kappa shape index (κ1) is 12.2. The van der Waals surface area contributed by atoms with Gasteiger partial charge in [0.15, 0.2) is 0 Å².